The number of rotatable bonds is 8. The van der Waals surface area contributed by atoms with Gasteiger partial charge in [0.25, 0.3) is 0 Å². The number of amides is 1. The molecule has 1 saturated heterocycles. The standard InChI is InChI=1S/C33H37N7O3/c1-5-31(41)35-26-18-27(30(42-4)19-29(26)40-14-12-38(2)13-15-40)36-33-34-20-24(22-10-16-43-17-11-22)32(37-33)25-21-39(3)28-9-7-6-8-23(25)28/h5-10,18-21H,1,11-17H2,2-4H3,(H,35,41)(H,34,36,37). The van der Waals surface area contributed by atoms with Gasteiger partial charge in [-0.3, -0.25) is 4.79 Å². The number of hydrogen-bond donors (Lipinski definition) is 2. The van der Waals surface area contributed by atoms with E-state index in [-0.39, 0.29) is 5.91 Å². The van der Waals surface area contributed by atoms with Gasteiger partial charge in [0, 0.05) is 73.7 Å². The van der Waals surface area contributed by atoms with Crippen LogP contribution in [-0.2, 0) is 16.6 Å². The fourth-order valence-electron chi connectivity index (χ4n) is 5.73. The topological polar surface area (TPSA) is 96.8 Å². The molecule has 0 spiro atoms. The molecule has 0 radical (unpaired) electrons. The monoisotopic (exact) mass is 579 g/mol. The molecule has 0 bridgehead atoms. The van der Waals surface area contributed by atoms with Crippen LogP contribution in [0.15, 0.2) is 67.5 Å². The van der Waals surface area contributed by atoms with E-state index in [1.54, 1.807) is 7.11 Å². The molecule has 4 heterocycles. The van der Waals surface area contributed by atoms with E-state index in [0.29, 0.717) is 36.3 Å². The normalized spacial score (nSPS) is 15.7. The molecule has 10 heteroatoms. The first-order valence-electron chi connectivity index (χ1n) is 14.5. The molecule has 222 valence electrons. The van der Waals surface area contributed by atoms with Gasteiger partial charge in [0.1, 0.15) is 5.75 Å². The summed E-state index contributed by atoms with van der Waals surface area (Å²) in [6, 6.07) is 12.2. The van der Waals surface area contributed by atoms with Gasteiger partial charge < -0.3 is 34.5 Å². The van der Waals surface area contributed by atoms with Crippen molar-refractivity contribution in [3.05, 3.63) is 73.1 Å². The van der Waals surface area contributed by atoms with E-state index >= 15 is 0 Å². The first-order valence-corrected chi connectivity index (χ1v) is 14.5. The van der Waals surface area contributed by atoms with Crippen molar-refractivity contribution in [3.63, 3.8) is 0 Å². The highest BCUT2D eigenvalue weighted by Crippen LogP contribution is 2.40. The van der Waals surface area contributed by atoms with Crippen molar-refractivity contribution in [2.75, 3.05) is 69.1 Å². The average Bonchev–Trinajstić information content (AvgIpc) is 3.38. The third-order valence-electron chi connectivity index (χ3n) is 8.10. The Hall–Kier alpha value is -4.67. The summed E-state index contributed by atoms with van der Waals surface area (Å²) in [6.07, 6.45) is 8.18. The number of ether oxygens (including phenoxy) is 2. The molecule has 43 heavy (non-hydrogen) atoms. The number of para-hydroxylation sites is 1. The lowest BCUT2D eigenvalue weighted by molar-refractivity contribution is -0.111. The minimum Gasteiger partial charge on any atom is -0.494 e. The predicted molar refractivity (Wildman–Crippen MR) is 172 cm³/mol. The van der Waals surface area contributed by atoms with Crippen molar-refractivity contribution in [1.82, 2.24) is 19.4 Å². The minimum atomic E-state index is -0.282. The quantitative estimate of drug-likeness (QED) is 0.280. The van der Waals surface area contributed by atoms with Gasteiger partial charge in [0.2, 0.25) is 11.9 Å². The van der Waals surface area contributed by atoms with Crippen LogP contribution in [0.3, 0.4) is 0 Å². The van der Waals surface area contributed by atoms with Crippen LogP contribution in [0.2, 0.25) is 0 Å². The molecule has 1 amide bonds. The van der Waals surface area contributed by atoms with E-state index in [9.17, 15) is 4.79 Å². The molecule has 0 aliphatic carbocycles. The number of piperazine rings is 1. The number of likely N-dealkylation sites (N-methyl/N-ethyl adjacent to an activating group) is 1. The summed E-state index contributed by atoms with van der Waals surface area (Å²) in [7, 11) is 5.80. The summed E-state index contributed by atoms with van der Waals surface area (Å²) in [6.45, 7) is 8.40. The number of hydrogen-bond acceptors (Lipinski definition) is 8. The fraction of sp³-hybridized carbons (Fsp3) is 0.303. The zero-order chi connectivity index (χ0) is 29.9. The zero-order valence-corrected chi connectivity index (χ0v) is 24.9. The Labute approximate surface area is 251 Å². The number of aryl methyl sites for hydroxylation is 1. The Kier molecular flexibility index (Phi) is 8.13. The molecule has 2 aliphatic rings. The Morgan fingerprint density at radius 3 is 2.65 bits per heavy atom. The Morgan fingerprint density at radius 1 is 1.09 bits per heavy atom. The van der Waals surface area contributed by atoms with Crippen LogP contribution in [0.5, 0.6) is 5.75 Å². The first-order chi connectivity index (χ1) is 20.9. The molecular formula is C33H37N7O3. The first kappa shape index (κ1) is 28.4. The Bertz CT molecular complexity index is 1700. The van der Waals surface area contributed by atoms with Gasteiger partial charge in [-0.05, 0) is 37.3 Å². The second-order valence-electron chi connectivity index (χ2n) is 10.9. The van der Waals surface area contributed by atoms with Crippen molar-refractivity contribution >= 4 is 45.4 Å². The van der Waals surface area contributed by atoms with Crippen molar-refractivity contribution in [2.24, 2.45) is 7.05 Å². The maximum absolute atomic E-state index is 12.4. The highest BCUT2D eigenvalue weighted by Gasteiger charge is 2.23. The van der Waals surface area contributed by atoms with Crippen LogP contribution in [0.1, 0.15) is 12.0 Å². The highest BCUT2D eigenvalue weighted by molar-refractivity contribution is 6.02. The third-order valence-corrected chi connectivity index (χ3v) is 8.10. The van der Waals surface area contributed by atoms with Crippen LogP contribution < -0.4 is 20.3 Å². The highest BCUT2D eigenvalue weighted by atomic mass is 16.5. The largest absolute Gasteiger partial charge is 0.494 e. The smallest absolute Gasteiger partial charge is 0.247 e. The van der Waals surface area contributed by atoms with E-state index in [2.05, 4.69) is 63.0 Å². The number of anilines is 4. The molecule has 2 aromatic carbocycles. The molecule has 0 saturated carbocycles. The molecule has 2 N–H and O–H groups in total. The lowest BCUT2D eigenvalue weighted by Crippen LogP contribution is -2.44. The second-order valence-corrected chi connectivity index (χ2v) is 10.9. The number of aromatic nitrogens is 3. The number of carbonyl (C=O) groups excluding carboxylic acids is 1. The molecule has 10 nitrogen and oxygen atoms in total. The number of fused-ring (bicyclic) bond motifs is 1. The minimum absolute atomic E-state index is 0.282. The number of carbonyl (C=O) groups is 1. The van der Waals surface area contributed by atoms with E-state index in [4.69, 9.17) is 19.4 Å². The molecule has 6 rings (SSSR count). The van der Waals surface area contributed by atoms with Crippen molar-refractivity contribution < 1.29 is 14.3 Å². The van der Waals surface area contributed by atoms with Crippen LogP contribution in [0.4, 0.5) is 23.0 Å². The van der Waals surface area contributed by atoms with Crippen molar-refractivity contribution in [3.8, 4) is 17.0 Å². The van der Waals surface area contributed by atoms with Gasteiger partial charge in [-0.2, -0.15) is 0 Å². The summed E-state index contributed by atoms with van der Waals surface area (Å²) in [5.41, 5.74) is 7.35. The van der Waals surface area contributed by atoms with Gasteiger partial charge in [-0.25, -0.2) is 9.97 Å². The third kappa shape index (κ3) is 5.84. The van der Waals surface area contributed by atoms with Gasteiger partial charge in [0.05, 0.1) is 43.1 Å². The van der Waals surface area contributed by atoms with E-state index < -0.39 is 0 Å². The van der Waals surface area contributed by atoms with Crippen LogP contribution in [-0.4, -0.2) is 78.9 Å². The average molecular weight is 580 g/mol. The summed E-state index contributed by atoms with van der Waals surface area (Å²) in [5.74, 6) is 0.762. The lowest BCUT2D eigenvalue weighted by Gasteiger charge is -2.35. The van der Waals surface area contributed by atoms with E-state index in [1.165, 1.54) is 11.6 Å². The molecular weight excluding hydrogens is 542 g/mol. The molecule has 2 aliphatic heterocycles. The Morgan fingerprint density at radius 2 is 1.91 bits per heavy atom. The molecule has 0 atom stereocenters. The van der Waals surface area contributed by atoms with Crippen molar-refractivity contribution in [2.45, 2.75) is 6.42 Å². The fourth-order valence-corrected chi connectivity index (χ4v) is 5.73. The number of methoxy groups -OCH3 is 1. The van der Waals surface area contributed by atoms with Crippen LogP contribution in [0.25, 0.3) is 27.7 Å². The number of benzene rings is 2. The van der Waals surface area contributed by atoms with Gasteiger partial charge >= 0.3 is 0 Å². The predicted octanol–water partition coefficient (Wildman–Crippen LogP) is 5.07. The maximum Gasteiger partial charge on any atom is 0.247 e. The van der Waals surface area contributed by atoms with Crippen LogP contribution >= 0.6 is 0 Å². The number of nitrogens with zero attached hydrogens (tertiary/aromatic N) is 5. The van der Waals surface area contributed by atoms with Gasteiger partial charge in [-0.1, -0.05) is 30.9 Å². The van der Waals surface area contributed by atoms with E-state index in [1.807, 2.05) is 37.5 Å². The SMILES string of the molecule is C=CC(=O)Nc1cc(Nc2ncc(C3=CCOCC3)c(-c3cn(C)c4ccccc34)n2)c(OC)cc1N1CCN(C)CC1. The summed E-state index contributed by atoms with van der Waals surface area (Å²) < 4.78 is 13.5. The van der Waals surface area contributed by atoms with Crippen LogP contribution in [0, 0.1) is 0 Å². The maximum atomic E-state index is 12.4. The zero-order valence-electron chi connectivity index (χ0n) is 24.9. The molecule has 4 aromatic rings. The lowest BCUT2D eigenvalue weighted by atomic mass is 9.97. The summed E-state index contributed by atoms with van der Waals surface area (Å²) in [4.78, 5) is 26.8. The van der Waals surface area contributed by atoms with Gasteiger partial charge in [-0.15, -0.1) is 0 Å². The summed E-state index contributed by atoms with van der Waals surface area (Å²) >= 11 is 0. The van der Waals surface area contributed by atoms with E-state index in [0.717, 1.165) is 66.0 Å². The Balaban J connectivity index is 1.43. The van der Waals surface area contributed by atoms with Gasteiger partial charge in [0.15, 0.2) is 0 Å². The second kappa shape index (κ2) is 12.3. The van der Waals surface area contributed by atoms with Crippen molar-refractivity contribution in [1.29, 1.82) is 0 Å². The molecule has 1 fully saturated rings. The number of nitrogens with one attached hydrogen (secondary N) is 2. The molecule has 2 aromatic heterocycles. The molecule has 0 unspecified atom stereocenters. The summed E-state index contributed by atoms with van der Waals surface area (Å²) in [5, 5.41) is 7.49.